The minimum Gasteiger partial charge on any atom is -0.359 e. The van der Waals surface area contributed by atoms with Gasteiger partial charge in [-0.15, -0.1) is 0 Å². The minimum absolute atomic E-state index is 0.0125. The number of carbonyl (C=O) groups is 1. The maximum atomic E-state index is 11.1. The molecule has 78 valence electrons. The van der Waals surface area contributed by atoms with Crippen LogP contribution in [0, 0.1) is 0 Å². The van der Waals surface area contributed by atoms with Crippen LogP contribution in [0.4, 0.5) is 0 Å². The van der Waals surface area contributed by atoms with E-state index in [1.54, 1.807) is 13.2 Å². The second kappa shape index (κ2) is 3.82. The predicted octanol–water partition coefficient (Wildman–Crippen LogP) is 0.927. The number of hydrogen-bond acceptors (Lipinski definition) is 2. The maximum Gasteiger partial charge on any atom is 0.224 e. The average Bonchev–Trinajstić information content (AvgIpc) is 2.51. The fourth-order valence-corrected chi connectivity index (χ4v) is 1.09. The summed E-state index contributed by atoms with van der Waals surface area (Å²) in [5.74, 6) is 0.0125. The highest BCUT2D eigenvalue weighted by Gasteiger charge is 2.14. The van der Waals surface area contributed by atoms with Crippen molar-refractivity contribution in [3.05, 3.63) is 18.0 Å². The second-order valence-electron chi connectivity index (χ2n) is 4.31. The molecule has 14 heavy (non-hydrogen) atoms. The second-order valence-corrected chi connectivity index (χ2v) is 4.31. The summed E-state index contributed by atoms with van der Waals surface area (Å²) >= 11 is 0. The van der Waals surface area contributed by atoms with E-state index in [-0.39, 0.29) is 11.4 Å². The highest BCUT2D eigenvalue weighted by atomic mass is 16.1. The Morgan fingerprint density at radius 2 is 2.21 bits per heavy atom. The van der Waals surface area contributed by atoms with Crippen molar-refractivity contribution in [3.63, 3.8) is 0 Å². The van der Waals surface area contributed by atoms with Crippen molar-refractivity contribution in [2.24, 2.45) is 0 Å². The minimum atomic E-state index is -0.0268. The molecule has 4 heteroatoms. The first-order chi connectivity index (χ1) is 6.43. The normalized spacial score (nSPS) is 11.4. The topological polar surface area (TPSA) is 46.9 Å². The largest absolute Gasteiger partial charge is 0.359 e. The molecule has 0 aliphatic heterocycles. The summed E-state index contributed by atoms with van der Waals surface area (Å²) in [5.41, 5.74) is 0.917. The third kappa shape index (κ3) is 2.58. The fraction of sp³-hybridized carbons (Fsp3) is 0.600. The van der Waals surface area contributed by atoms with E-state index in [9.17, 15) is 4.79 Å². The van der Waals surface area contributed by atoms with Crippen LogP contribution >= 0.6 is 0 Å². The molecular formula is C10H17N3O. The molecule has 0 aromatic carbocycles. The highest BCUT2D eigenvalue weighted by molar-refractivity contribution is 5.77. The van der Waals surface area contributed by atoms with Crippen LogP contribution < -0.4 is 5.32 Å². The van der Waals surface area contributed by atoms with Crippen LogP contribution in [0.2, 0.25) is 0 Å². The molecule has 0 spiro atoms. The number of likely N-dealkylation sites (N-methyl/N-ethyl adjacent to an activating group) is 1. The third-order valence-corrected chi connectivity index (χ3v) is 1.97. The van der Waals surface area contributed by atoms with Crippen molar-refractivity contribution in [1.29, 1.82) is 0 Å². The molecule has 4 nitrogen and oxygen atoms in total. The van der Waals surface area contributed by atoms with E-state index in [4.69, 9.17) is 0 Å². The molecule has 1 rings (SSSR count). The number of carbonyl (C=O) groups excluding carboxylic acids is 1. The summed E-state index contributed by atoms with van der Waals surface area (Å²) in [6.45, 7) is 6.22. The Morgan fingerprint density at radius 3 is 2.64 bits per heavy atom. The number of hydrogen-bond donors (Lipinski definition) is 1. The smallest absolute Gasteiger partial charge is 0.224 e. The molecule has 1 N–H and O–H groups in total. The summed E-state index contributed by atoms with van der Waals surface area (Å²) < 4.78 is 1.87. The van der Waals surface area contributed by atoms with Gasteiger partial charge in [-0.1, -0.05) is 0 Å². The van der Waals surface area contributed by atoms with E-state index in [1.807, 2.05) is 10.9 Å². The summed E-state index contributed by atoms with van der Waals surface area (Å²) in [6.07, 6.45) is 4.04. The van der Waals surface area contributed by atoms with Gasteiger partial charge in [-0.05, 0) is 26.3 Å². The summed E-state index contributed by atoms with van der Waals surface area (Å²) in [7, 11) is 1.64. The lowest BCUT2D eigenvalue weighted by atomic mass is 10.1. The van der Waals surface area contributed by atoms with Crippen molar-refractivity contribution in [2.45, 2.75) is 32.7 Å². The van der Waals surface area contributed by atoms with E-state index in [0.29, 0.717) is 6.42 Å². The first kappa shape index (κ1) is 10.8. The van der Waals surface area contributed by atoms with Gasteiger partial charge in [0.15, 0.2) is 0 Å². The zero-order valence-corrected chi connectivity index (χ0v) is 9.16. The Hall–Kier alpha value is -1.32. The van der Waals surface area contributed by atoms with Gasteiger partial charge in [0.25, 0.3) is 0 Å². The first-order valence-corrected chi connectivity index (χ1v) is 4.68. The van der Waals surface area contributed by atoms with Gasteiger partial charge in [-0.3, -0.25) is 9.48 Å². The number of aromatic nitrogens is 2. The first-order valence-electron chi connectivity index (χ1n) is 4.68. The molecule has 0 atom stereocenters. The molecule has 0 radical (unpaired) electrons. The van der Waals surface area contributed by atoms with Crippen LogP contribution in [0.25, 0.3) is 0 Å². The Balaban J connectivity index is 2.74. The lowest BCUT2D eigenvalue weighted by molar-refractivity contribution is -0.119. The van der Waals surface area contributed by atoms with Gasteiger partial charge in [0, 0.05) is 13.2 Å². The number of nitrogens with one attached hydrogen (secondary N) is 1. The van der Waals surface area contributed by atoms with Crippen molar-refractivity contribution >= 4 is 5.91 Å². The molecule has 0 saturated carbocycles. The van der Waals surface area contributed by atoms with Gasteiger partial charge in [0.05, 0.1) is 18.2 Å². The Morgan fingerprint density at radius 1 is 1.57 bits per heavy atom. The number of rotatable bonds is 2. The lowest BCUT2D eigenvalue weighted by Gasteiger charge is -2.18. The molecule has 1 amide bonds. The SMILES string of the molecule is CNC(=O)Cc1cnn(C(C)(C)C)c1. The zero-order chi connectivity index (χ0) is 10.8. The molecular weight excluding hydrogens is 178 g/mol. The van der Waals surface area contributed by atoms with Crippen molar-refractivity contribution in [2.75, 3.05) is 7.05 Å². The predicted molar refractivity (Wildman–Crippen MR) is 55.0 cm³/mol. The van der Waals surface area contributed by atoms with Gasteiger partial charge in [-0.25, -0.2) is 0 Å². The monoisotopic (exact) mass is 195 g/mol. The standard InChI is InChI=1S/C10H17N3O/c1-10(2,3)13-7-8(6-12-13)5-9(14)11-4/h6-7H,5H2,1-4H3,(H,11,14). The Kier molecular flexibility index (Phi) is 2.93. The van der Waals surface area contributed by atoms with Crippen LogP contribution in [0.5, 0.6) is 0 Å². The van der Waals surface area contributed by atoms with E-state index in [2.05, 4.69) is 31.2 Å². The van der Waals surface area contributed by atoms with E-state index in [0.717, 1.165) is 5.56 Å². The van der Waals surface area contributed by atoms with Crippen molar-refractivity contribution in [3.8, 4) is 0 Å². The third-order valence-electron chi connectivity index (χ3n) is 1.97. The van der Waals surface area contributed by atoms with E-state index >= 15 is 0 Å². The summed E-state index contributed by atoms with van der Waals surface area (Å²) in [4.78, 5) is 11.1. The molecule has 0 fully saturated rings. The van der Waals surface area contributed by atoms with Crippen molar-refractivity contribution < 1.29 is 4.79 Å². The van der Waals surface area contributed by atoms with Crippen LogP contribution in [-0.2, 0) is 16.8 Å². The zero-order valence-electron chi connectivity index (χ0n) is 9.16. The van der Waals surface area contributed by atoms with Gasteiger partial charge >= 0.3 is 0 Å². The summed E-state index contributed by atoms with van der Waals surface area (Å²) in [5, 5.41) is 6.80. The number of amides is 1. The van der Waals surface area contributed by atoms with E-state index in [1.165, 1.54) is 0 Å². The Labute approximate surface area is 84.3 Å². The molecule has 1 aromatic rings. The fourth-order valence-electron chi connectivity index (χ4n) is 1.09. The quantitative estimate of drug-likeness (QED) is 0.763. The molecule has 1 aromatic heterocycles. The molecule has 0 saturated heterocycles. The average molecular weight is 195 g/mol. The number of nitrogens with zero attached hydrogens (tertiary/aromatic N) is 2. The molecule has 0 aliphatic carbocycles. The van der Waals surface area contributed by atoms with Crippen LogP contribution in [0.1, 0.15) is 26.3 Å². The van der Waals surface area contributed by atoms with Crippen LogP contribution in [0.15, 0.2) is 12.4 Å². The highest BCUT2D eigenvalue weighted by Crippen LogP contribution is 2.13. The van der Waals surface area contributed by atoms with E-state index < -0.39 is 0 Å². The van der Waals surface area contributed by atoms with Crippen LogP contribution in [-0.4, -0.2) is 22.7 Å². The molecule has 0 unspecified atom stereocenters. The molecule has 0 bridgehead atoms. The van der Waals surface area contributed by atoms with Gasteiger partial charge in [0.2, 0.25) is 5.91 Å². The van der Waals surface area contributed by atoms with Crippen molar-refractivity contribution in [1.82, 2.24) is 15.1 Å². The molecule has 0 aliphatic rings. The van der Waals surface area contributed by atoms with Crippen LogP contribution in [0.3, 0.4) is 0 Å². The van der Waals surface area contributed by atoms with Gasteiger partial charge in [0.1, 0.15) is 0 Å². The molecule has 1 heterocycles. The lowest BCUT2D eigenvalue weighted by Crippen LogP contribution is -2.22. The van der Waals surface area contributed by atoms with Gasteiger partial charge < -0.3 is 5.32 Å². The van der Waals surface area contributed by atoms with Gasteiger partial charge in [-0.2, -0.15) is 5.10 Å². The Bertz CT molecular complexity index is 322. The summed E-state index contributed by atoms with van der Waals surface area (Å²) in [6, 6.07) is 0. The maximum absolute atomic E-state index is 11.1.